The predicted molar refractivity (Wildman–Crippen MR) is 98.3 cm³/mol. The van der Waals surface area contributed by atoms with Crippen LogP contribution in [0.3, 0.4) is 0 Å². The molecule has 0 aliphatic carbocycles. The first kappa shape index (κ1) is 16.0. The number of hydrogen-bond donors (Lipinski definition) is 1. The molecule has 0 aromatic heterocycles. The Hall–Kier alpha value is -3.53. The maximum atomic E-state index is 12.5. The highest BCUT2D eigenvalue weighted by atomic mass is 16.4. The number of rotatable bonds is 3. The van der Waals surface area contributed by atoms with Crippen molar-refractivity contribution < 1.29 is 14.7 Å². The minimum Gasteiger partial charge on any atom is -0.478 e. The van der Waals surface area contributed by atoms with Gasteiger partial charge >= 0.3 is 5.97 Å². The first-order valence-corrected chi connectivity index (χ1v) is 8.21. The van der Waals surface area contributed by atoms with Gasteiger partial charge in [0.1, 0.15) is 0 Å². The predicted octanol–water partition coefficient (Wildman–Crippen LogP) is 2.72. The summed E-state index contributed by atoms with van der Waals surface area (Å²) in [5.41, 5.74) is 3.93. The van der Waals surface area contributed by atoms with Crippen LogP contribution in [-0.4, -0.2) is 17.0 Å². The van der Waals surface area contributed by atoms with Crippen LogP contribution in [0.2, 0.25) is 0 Å². The van der Waals surface area contributed by atoms with E-state index in [0.29, 0.717) is 16.5 Å². The molecule has 0 saturated carbocycles. The van der Waals surface area contributed by atoms with Gasteiger partial charge in [-0.05, 0) is 47.9 Å². The van der Waals surface area contributed by atoms with Crippen molar-refractivity contribution in [2.75, 3.05) is 0 Å². The Morgan fingerprint density at radius 3 is 2.31 bits per heavy atom. The number of aryl methyl sites for hydroxylation is 1. The second-order valence-electron chi connectivity index (χ2n) is 6.28. The third-order valence-corrected chi connectivity index (χ3v) is 4.46. The van der Waals surface area contributed by atoms with Crippen molar-refractivity contribution in [3.63, 3.8) is 0 Å². The zero-order valence-electron chi connectivity index (χ0n) is 14.1. The van der Waals surface area contributed by atoms with Crippen LogP contribution in [0.25, 0.3) is 16.7 Å². The third kappa shape index (κ3) is 2.71. The Bertz CT molecular complexity index is 1170. The van der Waals surface area contributed by atoms with Crippen molar-refractivity contribution in [2.24, 2.45) is 4.99 Å². The van der Waals surface area contributed by atoms with E-state index in [0.717, 1.165) is 21.9 Å². The Morgan fingerprint density at radius 1 is 0.885 bits per heavy atom. The van der Waals surface area contributed by atoms with Gasteiger partial charge in [-0.15, -0.1) is 0 Å². The lowest BCUT2D eigenvalue weighted by molar-refractivity contribution is -0.112. The summed E-state index contributed by atoms with van der Waals surface area (Å²) in [6.45, 7) is 1.99. The van der Waals surface area contributed by atoms with E-state index in [1.165, 1.54) is 6.07 Å². The highest BCUT2D eigenvalue weighted by Gasteiger charge is 2.20. The number of hydrogen-bond acceptors (Lipinski definition) is 2. The summed E-state index contributed by atoms with van der Waals surface area (Å²) in [5, 5.41) is 10.9. The minimum atomic E-state index is -1.03. The van der Waals surface area contributed by atoms with Gasteiger partial charge in [0.2, 0.25) is 0 Å². The fraction of sp³-hybridized carbons (Fsp3) is 0.0455. The molecule has 1 N–H and O–H groups in total. The molecule has 0 fully saturated rings. The number of carboxylic acids is 1. The summed E-state index contributed by atoms with van der Waals surface area (Å²) < 4.78 is 0. The van der Waals surface area contributed by atoms with Gasteiger partial charge in [0.15, 0.2) is 0 Å². The fourth-order valence-electron chi connectivity index (χ4n) is 3.15. The molecular weight excluding hydrogens is 326 g/mol. The summed E-state index contributed by atoms with van der Waals surface area (Å²) in [7, 11) is 0. The van der Waals surface area contributed by atoms with Gasteiger partial charge in [0, 0.05) is 5.22 Å². The van der Waals surface area contributed by atoms with Crippen LogP contribution >= 0.6 is 0 Å². The number of para-hydroxylation sites is 1. The van der Waals surface area contributed by atoms with E-state index < -0.39 is 5.97 Å². The topological polar surface area (TPSA) is 66.7 Å². The van der Waals surface area contributed by atoms with Crippen LogP contribution in [0.1, 0.15) is 21.5 Å². The van der Waals surface area contributed by atoms with Crippen LogP contribution < -0.4 is 10.6 Å². The van der Waals surface area contributed by atoms with E-state index in [2.05, 4.69) is 4.99 Å². The summed E-state index contributed by atoms with van der Waals surface area (Å²) in [5.74, 6) is -1.37. The molecule has 0 radical (unpaired) electrons. The molecule has 126 valence electrons. The molecule has 4 nitrogen and oxygen atoms in total. The molecule has 3 aromatic carbocycles. The van der Waals surface area contributed by atoms with Gasteiger partial charge in [-0.25, -0.2) is 9.79 Å². The molecule has 3 aromatic rings. The van der Waals surface area contributed by atoms with E-state index in [-0.39, 0.29) is 11.5 Å². The van der Waals surface area contributed by atoms with Crippen molar-refractivity contribution in [1.29, 1.82) is 0 Å². The van der Waals surface area contributed by atoms with E-state index in [4.69, 9.17) is 0 Å². The Balaban J connectivity index is 1.99. The molecule has 1 amide bonds. The Kier molecular flexibility index (Phi) is 3.73. The lowest BCUT2D eigenvalue weighted by atomic mass is 9.94. The van der Waals surface area contributed by atoms with Crippen LogP contribution in [0.15, 0.2) is 71.7 Å². The maximum absolute atomic E-state index is 12.5. The van der Waals surface area contributed by atoms with Gasteiger partial charge < -0.3 is 5.11 Å². The number of carboxylic acid groups (broad SMARTS) is 1. The van der Waals surface area contributed by atoms with E-state index >= 15 is 0 Å². The first-order valence-electron chi connectivity index (χ1n) is 8.21. The lowest BCUT2D eigenvalue weighted by Crippen LogP contribution is -2.22. The SMILES string of the molecule is Cc1ccc(-c2cc(C(=O)O)cc(C3=c4ccccc4=NC3=O)c2)cc1. The van der Waals surface area contributed by atoms with Crippen molar-refractivity contribution in [3.05, 3.63) is 94.0 Å². The van der Waals surface area contributed by atoms with Crippen molar-refractivity contribution in [1.82, 2.24) is 0 Å². The number of fused-ring (bicyclic) bond motifs is 1. The summed E-state index contributed by atoms with van der Waals surface area (Å²) in [4.78, 5) is 28.1. The molecule has 0 spiro atoms. The highest BCUT2D eigenvalue weighted by molar-refractivity contribution is 6.21. The van der Waals surface area contributed by atoms with Crippen LogP contribution in [0.4, 0.5) is 0 Å². The van der Waals surface area contributed by atoms with E-state index in [1.807, 2.05) is 55.5 Å². The Labute approximate surface area is 149 Å². The van der Waals surface area contributed by atoms with Gasteiger partial charge in [0.25, 0.3) is 5.91 Å². The lowest BCUT2D eigenvalue weighted by Gasteiger charge is -2.09. The van der Waals surface area contributed by atoms with Crippen LogP contribution in [0, 0.1) is 6.92 Å². The molecule has 1 aliphatic heterocycles. The van der Waals surface area contributed by atoms with Crippen LogP contribution in [0.5, 0.6) is 0 Å². The molecule has 0 saturated heterocycles. The number of aromatic carboxylic acids is 1. The second-order valence-corrected chi connectivity index (χ2v) is 6.28. The average Bonchev–Trinajstić information content (AvgIpc) is 2.97. The number of nitrogens with zero attached hydrogens (tertiary/aromatic N) is 1. The monoisotopic (exact) mass is 341 g/mol. The molecule has 4 heteroatoms. The quantitative estimate of drug-likeness (QED) is 0.796. The summed E-state index contributed by atoms with van der Waals surface area (Å²) >= 11 is 0. The van der Waals surface area contributed by atoms with E-state index in [1.54, 1.807) is 12.1 Å². The molecular formula is C22H15NO3. The van der Waals surface area contributed by atoms with Crippen LogP contribution in [-0.2, 0) is 4.79 Å². The van der Waals surface area contributed by atoms with Crippen molar-refractivity contribution in [3.8, 4) is 11.1 Å². The summed E-state index contributed by atoms with van der Waals surface area (Å²) in [6.07, 6.45) is 0. The molecule has 4 rings (SSSR count). The maximum Gasteiger partial charge on any atom is 0.335 e. The minimum absolute atomic E-state index is 0.141. The molecule has 1 aliphatic rings. The molecule has 1 heterocycles. The van der Waals surface area contributed by atoms with Gasteiger partial charge in [-0.3, -0.25) is 4.79 Å². The number of carbonyl (C=O) groups excluding carboxylic acids is 1. The van der Waals surface area contributed by atoms with Gasteiger partial charge in [-0.1, -0.05) is 48.0 Å². The van der Waals surface area contributed by atoms with Gasteiger partial charge in [-0.2, -0.15) is 0 Å². The first-order chi connectivity index (χ1) is 12.5. The number of amides is 1. The standard InChI is InChI=1S/C22H15NO3/c1-13-6-8-14(9-7-13)15-10-16(12-17(11-15)22(25)26)20-18-4-2-3-5-19(18)23-21(20)24/h2-12H,1H3,(H,25,26). The second kappa shape index (κ2) is 6.08. The van der Waals surface area contributed by atoms with Crippen molar-refractivity contribution >= 4 is 17.4 Å². The largest absolute Gasteiger partial charge is 0.478 e. The van der Waals surface area contributed by atoms with Crippen molar-refractivity contribution in [2.45, 2.75) is 6.92 Å². The number of carbonyl (C=O) groups is 2. The molecule has 0 unspecified atom stereocenters. The molecule has 0 bridgehead atoms. The Morgan fingerprint density at radius 2 is 1.58 bits per heavy atom. The summed E-state index contributed by atoms with van der Waals surface area (Å²) in [6, 6.07) is 20.1. The fourth-order valence-corrected chi connectivity index (χ4v) is 3.15. The highest BCUT2D eigenvalue weighted by Crippen LogP contribution is 2.26. The molecule has 0 atom stereocenters. The average molecular weight is 341 g/mol. The smallest absolute Gasteiger partial charge is 0.335 e. The third-order valence-electron chi connectivity index (χ3n) is 4.46. The molecule has 26 heavy (non-hydrogen) atoms. The van der Waals surface area contributed by atoms with E-state index in [9.17, 15) is 14.7 Å². The zero-order chi connectivity index (χ0) is 18.3. The zero-order valence-corrected chi connectivity index (χ0v) is 14.1. The van der Waals surface area contributed by atoms with Gasteiger partial charge in [0.05, 0.1) is 16.5 Å². The normalized spacial score (nSPS) is 12.7. The number of benzene rings is 3.